The third-order valence-electron chi connectivity index (χ3n) is 2.23. The van der Waals surface area contributed by atoms with Crippen molar-refractivity contribution in [3.05, 3.63) is 12.7 Å². The van der Waals surface area contributed by atoms with Gasteiger partial charge >= 0.3 is 6.09 Å². The number of hydrogen-bond donors (Lipinski definition) is 0. The average molecular weight is 273 g/mol. The fraction of sp³-hybridized carbons (Fsp3) is 0.643. The Kier molecular flexibility index (Phi) is 7.13. The molecule has 0 heterocycles. The highest BCUT2D eigenvalue weighted by Crippen LogP contribution is 2.19. The molecule has 0 aromatic carbocycles. The van der Waals surface area contributed by atoms with Crippen molar-refractivity contribution in [2.75, 3.05) is 6.54 Å². The Morgan fingerprint density at radius 1 is 1.53 bits per heavy atom. The summed E-state index contributed by atoms with van der Waals surface area (Å²) < 4.78 is 31.2. The molecule has 0 aliphatic rings. The van der Waals surface area contributed by atoms with E-state index in [-0.39, 0.29) is 19.4 Å². The number of nitrogens with zero attached hydrogens (tertiary/aromatic N) is 1. The van der Waals surface area contributed by atoms with Crippen LogP contribution < -0.4 is 0 Å². The Labute approximate surface area is 113 Å². The third kappa shape index (κ3) is 6.80. The molecular formula is C14H21F2NO2. The van der Waals surface area contributed by atoms with Crippen molar-refractivity contribution >= 4 is 6.09 Å². The van der Waals surface area contributed by atoms with Gasteiger partial charge in [-0.15, -0.1) is 18.9 Å². The summed E-state index contributed by atoms with van der Waals surface area (Å²) in [6.07, 6.45) is 3.20. The first-order valence-electron chi connectivity index (χ1n) is 6.05. The van der Waals surface area contributed by atoms with Gasteiger partial charge in [-0.25, -0.2) is 13.6 Å². The summed E-state index contributed by atoms with van der Waals surface area (Å²) >= 11 is 0. The number of amides is 1. The lowest BCUT2D eigenvalue weighted by molar-refractivity contribution is -0.0129. The Hall–Kier alpha value is -1.57. The summed E-state index contributed by atoms with van der Waals surface area (Å²) in [5.41, 5.74) is -0.741. The number of ether oxygens (including phenoxy) is 1. The van der Waals surface area contributed by atoms with Crippen molar-refractivity contribution in [2.24, 2.45) is 0 Å². The normalized spacial score (nSPS) is 12.7. The molecule has 0 N–H and O–H groups in total. The van der Waals surface area contributed by atoms with Crippen LogP contribution in [0.15, 0.2) is 12.7 Å². The van der Waals surface area contributed by atoms with Crippen LogP contribution in [0.3, 0.4) is 0 Å². The molecule has 0 saturated heterocycles. The summed E-state index contributed by atoms with van der Waals surface area (Å²) in [5, 5.41) is 0. The zero-order valence-corrected chi connectivity index (χ0v) is 11.7. The summed E-state index contributed by atoms with van der Waals surface area (Å²) in [6.45, 7) is 8.49. The molecule has 0 aromatic heterocycles. The number of rotatable bonds is 6. The number of carbonyl (C=O) groups is 1. The second-order valence-corrected chi connectivity index (χ2v) is 5.07. The van der Waals surface area contributed by atoms with Crippen LogP contribution in [0.2, 0.25) is 0 Å². The molecule has 5 heteroatoms. The van der Waals surface area contributed by atoms with Crippen LogP contribution in [0.4, 0.5) is 13.6 Å². The lowest BCUT2D eigenvalue weighted by Crippen LogP contribution is -2.46. The fourth-order valence-corrected chi connectivity index (χ4v) is 1.45. The summed E-state index contributed by atoms with van der Waals surface area (Å²) in [7, 11) is 0. The monoisotopic (exact) mass is 273 g/mol. The van der Waals surface area contributed by atoms with E-state index in [0.717, 1.165) is 4.90 Å². The second kappa shape index (κ2) is 7.78. The van der Waals surface area contributed by atoms with Gasteiger partial charge in [0.05, 0.1) is 6.04 Å². The Morgan fingerprint density at radius 3 is 2.47 bits per heavy atom. The maximum Gasteiger partial charge on any atom is 0.411 e. The molecule has 0 bridgehead atoms. The Balaban J connectivity index is 4.97. The molecule has 0 aliphatic carbocycles. The molecule has 0 spiro atoms. The maximum absolute atomic E-state index is 13.0. The van der Waals surface area contributed by atoms with Gasteiger partial charge in [-0.3, -0.25) is 4.90 Å². The quantitative estimate of drug-likeness (QED) is 0.548. The Bertz CT molecular complexity index is 342. The summed E-state index contributed by atoms with van der Waals surface area (Å²) in [5.74, 6) is 2.30. The molecule has 19 heavy (non-hydrogen) atoms. The molecule has 1 amide bonds. The van der Waals surface area contributed by atoms with E-state index in [1.807, 2.05) is 0 Å². The first-order chi connectivity index (χ1) is 8.72. The van der Waals surface area contributed by atoms with Crippen molar-refractivity contribution < 1.29 is 18.3 Å². The molecule has 0 rings (SSSR count). The van der Waals surface area contributed by atoms with Crippen LogP contribution in [0.1, 0.15) is 33.6 Å². The van der Waals surface area contributed by atoms with E-state index in [0.29, 0.717) is 0 Å². The van der Waals surface area contributed by atoms with Crippen LogP contribution in [-0.4, -0.2) is 35.6 Å². The van der Waals surface area contributed by atoms with Crippen LogP contribution >= 0.6 is 0 Å². The number of alkyl halides is 2. The van der Waals surface area contributed by atoms with Crippen molar-refractivity contribution in [2.45, 2.75) is 51.7 Å². The van der Waals surface area contributed by atoms with Crippen molar-refractivity contribution in [1.82, 2.24) is 4.90 Å². The van der Waals surface area contributed by atoms with Gasteiger partial charge < -0.3 is 4.74 Å². The molecule has 0 aromatic rings. The van der Waals surface area contributed by atoms with E-state index in [2.05, 4.69) is 12.5 Å². The van der Waals surface area contributed by atoms with Crippen LogP contribution in [0, 0.1) is 12.3 Å². The van der Waals surface area contributed by atoms with E-state index in [1.54, 1.807) is 20.8 Å². The van der Waals surface area contributed by atoms with E-state index >= 15 is 0 Å². The molecule has 1 atom stereocenters. The lowest BCUT2D eigenvalue weighted by Gasteiger charge is -2.32. The van der Waals surface area contributed by atoms with Gasteiger partial charge in [-0.1, -0.05) is 6.08 Å². The topological polar surface area (TPSA) is 29.5 Å². The highest BCUT2D eigenvalue weighted by atomic mass is 19.3. The van der Waals surface area contributed by atoms with E-state index < -0.39 is 24.2 Å². The zero-order valence-electron chi connectivity index (χ0n) is 11.7. The van der Waals surface area contributed by atoms with Crippen molar-refractivity contribution in [3.8, 4) is 12.3 Å². The molecule has 0 radical (unpaired) electrons. The largest absolute Gasteiger partial charge is 0.444 e. The molecule has 3 nitrogen and oxygen atoms in total. The maximum atomic E-state index is 13.0. The zero-order chi connectivity index (χ0) is 15.1. The van der Waals surface area contributed by atoms with Crippen LogP contribution in [0.25, 0.3) is 0 Å². The highest BCUT2D eigenvalue weighted by Gasteiger charge is 2.32. The van der Waals surface area contributed by atoms with E-state index in [1.165, 1.54) is 6.08 Å². The lowest BCUT2D eigenvalue weighted by atomic mass is 10.1. The van der Waals surface area contributed by atoms with Crippen LogP contribution in [0.5, 0.6) is 0 Å². The van der Waals surface area contributed by atoms with Gasteiger partial charge in [0.1, 0.15) is 5.60 Å². The molecule has 0 fully saturated rings. The van der Waals surface area contributed by atoms with Gasteiger partial charge in [0, 0.05) is 13.0 Å². The minimum Gasteiger partial charge on any atom is -0.444 e. The van der Waals surface area contributed by atoms with Crippen molar-refractivity contribution in [3.63, 3.8) is 0 Å². The minimum atomic E-state index is -2.68. The SMILES string of the molecule is C#CCCC(C(F)F)N(CC=C)C(=O)OC(C)(C)C. The van der Waals surface area contributed by atoms with Crippen molar-refractivity contribution in [1.29, 1.82) is 0 Å². The second-order valence-electron chi connectivity index (χ2n) is 5.07. The Morgan fingerprint density at radius 2 is 2.11 bits per heavy atom. The predicted octanol–water partition coefficient (Wildman–Crippen LogP) is 3.46. The molecule has 0 aliphatic heterocycles. The van der Waals surface area contributed by atoms with Gasteiger partial charge in [0.15, 0.2) is 0 Å². The molecule has 108 valence electrons. The smallest absolute Gasteiger partial charge is 0.411 e. The number of terminal acetylenes is 1. The average Bonchev–Trinajstić information content (AvgIpc) is 2.25. The number of carbonyl (C=O) groups excluding carboxylic acids is 1. The van der Waals surface area contributed by atoms with Gasteiger partial charge in [0.2, 0.25) is 0 Å². The minimum absolute atomic E-state index is 0.00546. The number of hydrogen-bond acceptors (Lipinski definition) is 2. The van der Waals surface area contributed by atoms with Gasteiger partial charge in [-0.05, 0) is 27.2 Å². The summed E-state index contributed by atoms with van der Waals surface area (Å²) in [6, 6.07) is -1.26. The molecule has 0 saturated carbocycles. The van der Waals surface area contributed by atoms with Gasteiger partial charge in [-0.2, -0.15) is 0 Å². The fourth-order valence-electron chi connectivity index (χ4n) is 1.45. The van der Waals surface area contributed by atoms with E-state index in [4.69, 9.17) is 11.2 Å². The standard InChI is InChI=1S/C14H21F2NO2/c1-6-8-9-11(12(15)16)17(10-7-2)13(18)19-14(3,4)5/h1,7,11-12H,2,8-10H2,3-5H3. The first kappa shape index (κ1) is 17.4. The molecule has 1 unspecified atom stereocenters. The van der Waals surface area contributed by atoms with Gasteiger partial charge in [0.25, 0.3) is 6.43 Å². The number of halogens is 2. The van der Waals surface area contributed by atoms with Crippen LogP contribution in [-0.2, 0) is 4.74 Å². The predicted molar refractivity (Wildman–Crippen MR) is 71.0 cm³/mol. The molecular weight excluding hydrogens is 252 g/mol. The van der Waals surface area contributed by atoms with E-state index in [9.17, 15) is 13.6 Å². The first-order valence-corrected chi connectivity index (χ1v) is 6.05. The summed E-state index contributed by atoms with van der Waals surface area (Å²) in [4.78, 5) is 12.9. The third-order valence-corrected chi connectivity index (χ3v) is 2.23. The highest BCUT2D eigenvalue weighted by molar-refractivity contribution is 5.68.